The number of aryl methyl sites for hydroxylation is 1. The summed E-state index contributed by atoms with van der Waals surface area (Å²) < 4.78 is 19.6. The van der Waals surface area contributed by atoms with Crippen molar-refractivity contribution < 1.29 is 24.2 Å². The minimum atomic E-state index is -1.04. The fourth-order valence-corrected chi connectivity index (χ4v) is 4.58. The van der Waals surface area contributed by atoms with Gasteiger partial charge in [0.25, 0.3) is 0 Å². The first-order valence-corrected chi connectivity index (χ1v) is 11.1. The molecular weight excluding hydrogens is 441 g/mol. The van der Waals surface area contributed by atoms with Crippen LogP contribution in [0.2, 0.25) is 0 Å². The first kappa shape index (κ1) is 23.8. The van der Waals surface area contributed by atoms with Gasteiger partial charge in [-0.25, -0.2) is 19.3 Å². The Labute approximate surface area is 196 Å². The average Bonchev–Trinajstić information content (AvgIpc) is 2.83. The average molecular weight is 470 g/mol. The van der Waals surface area contributed by atoms with Crippen molar-refractivity contribution >= 4 is 11.7 Å². The summed E-state index contributed by atoms with van der Waals surface area (Å²) in [6.45, 7) is 1.25. The number of nitrogens with two attached hydrogens (primary N) is 1. The molecule has 0 amide bonds. The van der Waals surface area contributed by atoms with Gasteiger partial charge in [-0.15, -0.1) is 0 Å². The van der Waals surface area contributed by atoms with Crippen molar-refractivity contribution in [2.75, 3.05) is 26.1 Å². The third-order valence-corrected chi connectivity index (χ3v) is 6.11. The maximum atomic E-state index is 14.3. The number of oxime groups is 1. The summed E-state index contributed by atoms with van der Waals surface area (Å²) in [5.41, 5.74) is 9.44. The number of allylic oxidation sites excluding steroid dienone is 4. The van der Waals surface area contributed by atoms with Gasteiger partial charge in [0.2, 0.25) is 11.8 Å². The van der Waals surface area contributed by atoms with Gasteiger partial charge in [-0.1, -0.05) is 17.3 Å². The molecule has 0 saturated carbocycles. The van der Waals surface area contributed by atoms with Gasteiger partial charge in [-0.2, -0.15) is 0 Å². The molecule has 4 atom stereocenters. The molecule has 2 aliphatic rings. The number of rotatable bonds is 7. The van der Waals surface area contributed by atoms with Crippen LogP contribution in [0, 0.1) is 18.8 Å². The van der Waals surface area contributed by atoms with Gasteiger partial charge in [0.1, 0.15) is 18.5 Å². The Bertz CT molecular complexity index is 1140. The van der Waals surface area contributed by atoms with Crippen LogP contribution in [0.15, 0.2) is 47.4 Å². The number of anilines is 1. The van der Waals surface area contributed by atoms with Crippen LogP contribution < -0.4 is 10.5 Å². The second-order valence-electron chi connectivity index (χ2n) is 8.45. The lowest BCUT2D eigenvalue weighted by Gasteiger charge is -2.35. The summed E-state index contributed by atoms with van der Waals surface area (Å²) >= 11 is 0. The molecule has 10 heteroatoms. The van der Waals surface area contributed by atoms with Crippen LogP contribution in [0.4, 0.5) is 10.3 Å². The predicted octanol–water partition coefficient (Wildman–Crippen LogP) is 2.23. The summed E-state index contributed by atoms with van der Waals surface area (Å²) in [7, 11) is 1.54. The molecule has 0 spiro atoms. The van der Waals surface area contributed by atoms with Gasteiger partial charge in [0, 0.05) is 17.5 Å². The second-order valence-corrected chi connectivity index (χ2v) is 8.45. The molecule has 180 valence electrons. The van der Waals surface area contributed by atoms with Crippen LogP contribution in [0.1, 0.15) is 35.0 Å². The summed E-state index contributed by atoms with van der Waals surface area (Å²) in [4.78, 5) is 18.6. The number of hydrogen-bond acceptors (Lipinski definition) is 9. The quantitative estimate of drug-likeness (QED) is 0.525. The molecule has 0 aromatic carbocycles. The fourth-order valence-electron chi connectivity index (χ4n) is 4.58. The van der Waals surface area contributed by atoms with E-state index in [9.17, 15) is 9.50 Å². The zero-order valence-electron chi connectivity index (χ0n) is 19.1. The number of halogens is 1. The molecule has 0 fully saturated rings. The molecule has 4 N–H and O–H groups in total. The van der Waals surface area contributed by atoms with E-state index in [0.717, 1.165) is 11.3 Å². The van der Waals surface area contributed by atoms with Gasteiger partial charge in [-0.05, 0) is 49.8 Å². The Hall–Kier alpha value is -3.37. The first-order chi connectivity index (χ1) is 16.4. The van der Waals surface area contributed by atoms with E-state index >= 15 is 0 Å². The molecule has 2 heterocycles. The van der Waals surface area contributed by atoms with E-state index in [-0.39, 0.29) is 36.1 Å². The number of ether oxygens (including phenoxy) is 1. The van der Waals surface area contributed by atoms with Crippen molar-refractivity contribution in [3.63, 3.8) is 0 Å². The number of hydrogen-bond donors (Lipinski definition) is 3. The highest BCUT2D eigenvalue weighted by atomic mass is 19.1. The van der Waals surface area contributed by atoms with Gasteiger partial charge < -0.3 is 25.5 Å². The second kappa shape index (κ2) is 10.3. The summed E-state index contributed by atoms with van der Waals surface area (Å²) in [6.07, 6.45) is 4.98. The Kier molecular flexibility index (Phi) is 7.18. The minimum absolute atomic E-state index is 0.00934. The van der Waals surface area contributed by atoms with E-state index in [2.05, 4.69) is 20.1 Å². The van der Waals surface area contributed by atoms with Crippen molar-refractivity contribution in [1.29, 1.82) is 0 Å². The maximum Gasteiger partial charge on any atom is 0.220 e. The largest absolute Gasteiger partial charge is 0.481 e. The summed E-state index contributed by atoms with van der Waals surface area (Å²) in [6, 6.07) is 5.45. The van der Waals surface area contributed by atoms with E-state index < -0.39 is 12.7 Å². The highest BCUT2D eigenvalue weighted by molar-refractivity contribution is 6.03. The molecule has 0 bridgehead atoms. The van der Waals surface area contributed by atoms with Crippen LogP contribution >= 0.6 is 0 Å². The lowest BCUT2D eigenvalue weighted by Crippen LogP contribution is -2.32. The van der Waals surface area contributed by atoms with Crippen LogP contribution in [0.5, 0.6) is 5.88 Å². The van der Waals surface area contributed by atoms with Gasteiger partial charge in [0.05, 0.1) is 36.5 Å². The summed E-state index contributed by atoms with van der Waals surface area (Å²) in [5, 5.41) is 22.9. The highest BCUT2D eigenvalue weighted by Gasteiger charge is 2.37. The number of methoxy groups -OCH3 is 1. The minimum Gasteiger partial charge on any atom is -0.481 e. The fraction of sp³-hybridized carbons (Fsp3) is 0.417. The molecule has 4 rings (SSSR count). The van der Waals surface area contributed by atoms with Crippen molar-refractivity contribution in [2.45, 2.75) is 31.8 Å². The van der Waals surface area contributed by atoms with E-state index in [0.29, 0.717) is 35.8 Å². The van der Waals surface area contributed by atoms with Gasteiger partial charge in [-0.3, -0.25) is 0 Å². The topological polar surface area (TPSA) is 136 Å². The smallest absolute Gasteiger partial charge is 0.220 e. The number of aliphatic hydroxyl groups excluding tert-OH is 2. The molecule has 2 aliphatic carbocycles. The number of nitrogen functional groups attached to an aromatic ring is 1. The van der Waals surface area contributed by atoms with Crippen molar-refractivity contribution in [1.82, 2.24) is 15.0 Å². The number of aromatic nitrogens is 3. The van der Waals surface area contributed by atoms with Crippen molar-refractivity contribution in [2.24, 2.45) is 17.0 Å². The zero-order valence-corrected chi connectivity index (χ0v) is 19.1. The molecule has 34 heavy (non-hydrogen) atoms. The molecule has 2 aromatic heterocycles. The lowest BCUT2D eigenvalue weighted by atomic mass is 9.70. The first-order valence-electron chi connectivity index (χ1n) is 11.1. The van der Waals surface area contributed by atoms with E-state index in [1.54, 1.807) is 19.3 Å². The van der Waals surface area contributed by atoms with Crippen molar-refractivity contribution in [3.05, 3.63) is 64.9 Å². The molecule has 2 unspecified atom stereocenters. The molecular formula is C24H28FN5O4. The Morgan fingerprint density at radius 3 is 2.85 bits per heavy atom. The monoisotopic (exact) mass is 469 g/mol. The maximum absolute atomic E-state index is 14.3. The third-order valence-electron chi connectivity index (χ3n) is 6.11. The Balaban J connectivity index is 1.70. The lowest BCUT2D eigenvalue weighted by molar-refractivity contribution is 0.00802. The zero-order chi connectivity index (χ0) is 24.2. The summed E-state index contributed by atoms with van der Waals surface area (Å²) in [5.74, 6) is -0.112. The van der Waals surface area contributed by atoms with Crippen LogP contribution in [0.25, 0.3) is 0 Å². The molecule has 0 radical (unpaired) electrons. The number of fused-ring (bicyclic) bond motifs is 1. The van der Waals surface area contributed by atoms with Crippen LogP contribution in [0.3, 0.4) is 0 Å². The molecule has 2 aromatic rings. The van der Waals surface area contributed by atoms with Crippen LogP contribution in [-0.2, 0) is 11.3 Å². The Morgan fingerprint density at radius 2 is 2.09 bits per heavy atom. The van der Waals surface area contributed by atoms with Crippen LogP contribution in [-0.4, -0.2) is 57.3 Å². The molecule has 0 saturated heterocycles. The highest BCUT2D eigenvalue weighted by Crippen LogP contribution is 2.42. The van der Waals surface area contributed by atoms with E-state index in [1.165, 1.54) is 6.08 Å². The van der Waals surface area contributed by atoms with Gasteiger partial charge in [0.15, 0.2) is 0 Å². The normalized spacial score (nSPS) is 23.9. The molecule has 9 nitrogen and oxygen atoms in total. The van der Waals surface area contributed by atoms with E-state index in [1.807, 2.05) is 25.1 Å². The number of nitrogens with zero attached hydrogens (tertiary/aromatic N) is 4. The van der Waals surface area contributed by atoms with Gasteiger partial charge >= 0.3 is 0 Å². The standard InChI is InChI=1S/C24H28FN5O4/c1-13-23-20(29-24(26)27-13)8-14(9-21(23)30-34-12-16(32)11-31)17-7-6-15(25)10-18(17)19-4-3-5-22(28-19)33-2/h3-7,10,14,16-18,31-32H,8-9,11-12H2,1-2H3,(H2,26,27,29)/b30-21+/t14-,16-,17?,18?/m1/s1. The predicted molar refractivity (Wildman–Crippen MR) is 124 cm³/mol. The number of aliphatic hydroxyl groups is 2. The van der Waals surface area contributed by atoms with Crippen molar-refractivity contribution in [3.8, 4) is 5.88 Å². The molecule has 0 aliphatic heterocycles. The SMILES string of the molecule is COc1cccc(C2C=C(F)C=CC2[C@H]2C/C(=N\OC[C@H](O)CO)c3c(C)nc(N)nc3C2)n1. The third kappa shape index (κ3) is 5.07. The Morgan fingerprint density at radius 1 is 1.26 bits per heavy atom. The van der Waals surface area contributed by atoms with E-state index in [4.69, 9.17) is 20.4 Å². The number of pyridine rings is 1.